The van der Waals surface area contributed by atoms with Crippen LogP contribution in [0.2, 0.25) is 0 Å². The van der Waals surface area contributed by atoms with Crippen molar-refractivity contribution in [2.75, 3.05) is 32.1 Å². The van der Waals surface area contributed by atoms with Crippen LogP contribution in [0.1, 0.15) is 12.0 Å². The first-order valence-corrected chi connectivity index (χ1v) is 10.9. The molecule has 2 aromatic carbocycles. The van der Waals surface area contributed by atoms with Gasteiger partial charge >= 0.3 is 0 Å². The first-order valence-electron chi connectivity index (χ1n) is 9.28. The standard InChI is InChI=1S/C21H21BrN4O3S.ClH/c1-24(2)11-4-12-25(21-23-18-9-8-16(22)14-19(18)30-21)20(27)10-7-15-5-3-6-17(13-15)26(28)29;/h3,5-10,13-14H,4,11-12H2,1-2H3;1H. The number of nitro groups is 1. The van der Waals surface area contributed by atoms with E-state index >= 15 is 0 Å². The minimum Gasteiger partial charge on any atom is -0.309 e. The number of rotatable bonds is 8. The zero-order valence-electron chi connectivity index (χ0n) is 17.0. The number of non-ortho nitro benzene ring substituents is 1. The first kappa shape index (κ1) is 24.9. The van der Waals surface area contributed by atoms with Crippen molar-refractivity contribution in [1.29, 1.82) is 0 Å². The van der Waals surface area contributed by atoms with Crippen LogP contribution in [0.15, 0.2) is 53.0 Å². The van der Waals surface area contributed by atoms with Gasteiger partial charge in [0, 0.05) is 29.2 Å². The van der Waals surface area contributed by atoms with Gasteiger partial charge in [-0.05, 0) is 56.9 Å². The average molecular weight is 526 g/mol. The molecule has 0 fully saturated rings. The summed E-state index contributed by atoms with van der Waals surface area (Å²) in [6, 6.07) is 12.0. The fraction of sp³-hybridized carbons (Fsp3) is 0.238. The Labute approximate surface area is 199 Å². The largest absolute Gasteiger partial charge is 0.309 e. The number of carbonyl (C=O) groups excluding carboxylic acids is 1. The Balaban J connectivity index is 0.00000341. The highest BCUT2D eigenvalue weighted by Crippen LogP contribution is 2.31. The Bertz CT molecular complexity index is 1100. The third-order valence-corrected chi connectivity index (χ3v) is 5.86. The fourth-order valence-corrected chi connectivity index (χ4v) is 4.40. The highest BCUT2D eigenvalue weighted by molar-refractivity contribution is 9.10. The third-order valence-electron chi connectivity index (χ3n) is 4.32. The fourth-order valence-electron chi connectivity index (χ4n) is 2.85. The molecule has 31 heavy (non-hydrogen) atoms. The third kappa shape index (κ3) is 6.83. The van der Waals surface area contributed by atoms with Gasteiger partial charge < -0.3 is 4.90 Å². The number of benzene rings is 2. The van der Waals surface area contributed by atoms with Gasteiger partial charge in [0.15, 0.2) is 5.13 Å². The van der Waals surface area contributed by atoms with Crippen molar-refractivity contribution in [2.24, 2.45) is 0 Å². The lowest BCUT2D eigenvalue weighted by atomic mass is 10.2. The molecule has 1 amide bonds. The van der Waals surface area contributed by atoms with Crippen molar-refractivity contribution >= 4 is 72.7 Å². The SMILES string of the molecule is CN(C)CCCN(C(=O)C=Cc1cccc([N+](=O)[O-])c1)c1nc2ccc(Br)cc2s1.Cl. The van der Waals surface area contributed by atoms with Crippen molar-refractivity contribution in [1.82, 2.24) is 9.88 Å². The number of amides is 1. The highest BCUT2D eigenvalue weighted by Gasteiger charge is 2.18. The highest BCUT2D eigenvalue weighted by atomic mass is 79.9. The summed E-state index contributed by atoms with van der Waals surface area (Å²) in [5.41, 5.74) is 1.43. The van der Waals surface area contributed by atoms with Gasteiger partial charge in [-0.15, -0.1) is 12.4 Å². The lowest BCUT2D eigenvalue weighted by Crippen LogP contribution is -2.32. The van der Waals surface area contributed by atoms with Crippen molar-refractivity contribution in [2.45, 2.75) is 6.42 Å². The smallest absolute Gasteiger partial charge is 0.270 e. The minimum atomic E-state index is -0.452. The summed E-state index contributed by atoms with van der Waals surface area (Å²) in [4.78, 5) is 31.9. The minimum absolute atomic E-state index is 0. The van der Waals surface area contributed by atoms with Gasteiger partial charge in [0.2, 0.25) is 0 Å². The molecule has 0 unspecified atom stereocenters. The first-order chi connectivity index (χ1) is 14.3. The van der Waals surface area contributed by atoms with Crippen LogP contribution in [0, 0.1) is 10.1 Å². The van der Waals surface area contributed by atoms with E-state index in [4.69, 9.17) is 0 Å². The number of hydrogen-bond donors (Lipinski definition) is 0. The van der Waals surface area contributed by atoms with E-state index in [1.807, 2.05) is 32.3 Å². The molecule has 3 aromatic rings. The molecule has 0 bridgehead atoms. The Morgan fingerprint density at radius 3 is 2.71 bits per heavy atom. The van der Waals surface area contributed by atoms with Gasteiger partial charge in [-0.25, -0.2) is 4.98 Å². The molecule has 0 saturated carbocycles. The Morgan fingerprint density at radius 1 is 1.23 bits per heavy atom. The Hall–Kier alpha value is -2.33. The molecule has 1 aromatic heterocycles. The van der Waals surface area contributed by atoms with Crippen LogP contribution < -0.4 is 4.90 Å². The molecule has 164 valence electrons. The van der Waals surface area contributed by atoms with Crippen molar-refractivity contribution in [3.05, 3.63) is 68.7 Å². The van der Waals surface area contributed by atoms with Crippen molar-refractivity contribution in [3.63, 3.8) is 0 Å². The molecule has 0 spiro atoms. The van der Waals surface area contributed by atoms with E-state index in [2.05, 4.69) is 25.8 Å². The lowest BCUT2D eigenvalue weighted by molar-refractivity contribution is -0.384. The Kier molecular flexibility index (Phi) is 9.12. The summed E-state index contributed by atoms with van der Waals surface area (Å²) < 4.78 is 1.95. The quantitative estimate of drug-likeness (QED) is 0.224. The zero-order chi connectivity index (χ0) is 21.7. The van der Waals surface area contributed by atoms with E-state index < -0.39 is 4.92 Å². The zero-order valence-corrected chi connectivity index (χ0v) is 20.2. The van der Waals surface area contributed by atoms with Gasteiger partial charge in [0.05, 0.1) is 15.1 Å². The van der Waals surface area contributed by atoms with Crippen LogP contribution in [-0.2, 0) is 4.79 Å². The molecule has 0 aliphatic heterocycles. The van der Waals surface area contributed by atoms with Crippen molar-refractivity contribution < 1.29 is 9.72 Å². The van der Waals surface area contributed by atoms with Gasteiger partial charge in [-0.3, -0.25) is 19.8 Å². The van der Waals surface area contributed by atoms with Crippen LogP contribution in [0.3, 0.4) is 0 Å². The molecule has 0 saturated heterocycles. The number of nitro benzene ring substituents is 1. The molecule has 0 aliphatic carbocycles. The summed E-state index contributed by atoms with van der Waals surface area (Å²) in [7, 11) is 3.98. The number of carbonyl (C=O) groups is 1. The second-order valence-electron chi connectivity index (χ2n) is 6.94. The molecule has 7 nitrogen and oxygen atoms in total. The number of thiazole rings is 1. The predicted octanol–water partition coefficient (Wildman–Crippen LogP) is 5.39. The van der Waals surface area contributed by atoms with E-state index in [9.17, 15) is 14.9 Å². The molecule has 0 N–H and O–H groups in total. The van der Waals surface area contributed by atoms with Gasteiger partial charge in [0.1, 0.15) is 0 Å². The topological polar surface area (TPSA) is 79.6 Å². The molecule has 3 rings (SSSR count). The van der Waals surface area contributed by atoms with E-state index in [0.717, 1.165) is 27.7 Å². The summed E-state index contributed by atoms with van der Waals surface area (Å²) in [6.45, 7) is 1.37. The van der Waals surface area contributed by atoms with E-state index in [1.54, 1.807) is 23.1 Å². The van der Waals surface area contributed by atoms with Crippen molar-refractivity contribution in [3.8, 4) is 0 Å². The normalized spacial score (nSPS) is 11.1. The van der Waals surface area contributed by atoms with Crippen LogP contribution in [0.4, 0.5) is 10.8 Å². The molecule has 1 heterocycles. The number of halogens is 2. The van der Waals surface area contributed by atoms with Gasteiger partial charge in [-0.1, -0.05) is 39.4 Å². The maximum absolute atomic E-state index is 13.0. The van der Waals surface area contributed by atoms with Crippen LogP contribution in [-0.4, -0.2) is 47.9 Å². The second-order valence-corrected chi connectivity index (χ2v) is 8.87. The van der Waals surface area contributed by atoms with Gasteiger partial charge in [0.25, 0.3) is 11.6 Å². The molecule has 0 radical (unpaired) electrons. The number of aromatic nitrogens is 1. The molecular formula is C21H22BrClN4O3S. The van der Waals surface area contributed by atoms with E-state index in [0.29, 0.717) is 17.2 Å². The van der Waals surface area contributed by atoms with E-state index in [-0.39, 0.29) is 24.0 Å². The monoisotopic (exact) mass is 524 g/mol. The number of fused-ring (bicyclic) bond motifs is 1. The van der Waals surface area contributed by atoms with Crippen LogP contribution >= 0.6 is 39.7 Å². The predicted molar refractivity (Wildman–Crippen MR) is 132 cm³/mol. The summed E-state index contributed by atoms with van der Waals surface area (Å²) in [5.74, 6) is -0.210. The summed E-state index contributed by atoms with van der Waals surface area (Å²) >= 11 is 4.93. The maximum atomic E-state index is 13.0. The molecular weight excluding hydrogens is 504 g/mol. The number of anilines is 1. The van der Waals surface area contributed by atoms with E-state index in [1.165, 1.54) is 29.5 Å². The van der Waals surface area contributed by atoms with Gasteiger partial charge in [-0.2, -0.15) is 0 Å². The second kappa shape index (κ2) is 11.3. The van der Waals surface area contributed by atoms with Crippen LogP contribution in [0.5, 0.6) is 0 Å². The number of nitrogens with zero attached hydrogens (tertiary/aromatic N) is 4. The average Bonchev–Trinajstić information content (AvgIpc) is 3.12. The van der Waals surface area contributed by atoms with Crippen LogP contribution in [0.25, 0.3) is 16.3 Å². The Morgan fingerprint density at radius 2 is 2.00 bits per heavy atom. The molecule has 10 heteroatoms. The molecule has 0 aliphatic rings. The number of hydrogen-bond acceptors (Lipinski definition) is 6. The maximum Gasteiger partial charge on any atom is 0.270 e. The molecule has 0 atom stereocenters. The summed E-state index contributed by atoms with van der Waals surface area (Å²) in [5, 5.41) is 11.6. The lowest BCUT2D eigenvalue weighted by Gasteiger charge is -2.19. The summed E-state index contributed by atoms with van der Waals surface area (Å²) in [6.07, 6.45) is 3.83.